The van der Waals surface area contributed by atoms with Crippen LogP contribution in [0.3, 0.4) is 0 Å². The zero-order valence-electron chi connectivity index (χ0n) is 14.6. The van der Waals surface area contributed by atoms with Crippen molar-refractivity contribution >= 4 is 11.9 Å². The Morgan fingerprint density at radius 1 is 1.12 bits per heavy atom. The molecule has 0 radical (unpaired) electrons. The summed E-state index contributed by atoms with van der Waals surface area (Å²) in [4.78, 5) is 25.5. The molecule has 2 aromatic carbocycles. The molecule has 1 atom stereocenters. The van der Waals surface area contributed by atoms with E-state index in [9.17, 15) is 14.0 Å². The van der Waals surface area contributed by atoms with Crippen molar-refractivity contribution in [3.8, 4) is 0 Å². The fraction of sp³-hybridized carbons (Fsp3) is 0.200. The van der Waals surface area contributed by atoms with Gasteiger partial charge in [0.1, 0.15) is 5.82 Å². The van der Waals surface area contributed by atoms with Gasteiger partial charge < -0.3 is 5.32 Å². The molecule has 2 aromatic rings. The standard InChI is InChI=1S/C20H22FN3O2/c1-3-13-22-20(26)23-18(25)14-24(2)19(15-7-5-4-6-8-15)16-9-11-17(21)12-10-16/h3-12,19H,1,13-14H2,2H3,(H2,22,23,25,26). The first-order chi connectivity index (χ1) is 12.5. The molecule has 0 aliphatic rings. The number of amides is 3. The number of carbonyl (C=O) groups excluding carboxylic acids is 2. The van der Waals surface area contributed by atoms with E-state index in [2.05, 4.69) is 17.2 Å². The highest BCUT2D eigenvalue weighted by atomic mass is 19.1. The Morgan fingerprint density at radius 2 is 1.73 bits per heavy atom. The first-order valence-electron chi connectivity index (χ1n) is 8.20. The molecule has 2 N–H and O–H groups in total. The van der Waals surface area contributed by atoms with Gasteiger partial charge in [0.15, 0.2) is 0 Å². The maximum atomic E-state index is 13.3. The highest BCUT2D eigenvalue weighted by molar-refractivity contribution is 5.95. The summed E-state index contributed by atoms with van der Waals surface area (Å²) < 4.78 is 13.3. The van der Waals surface area contributed by atoms with Crippen LogP contribution in [0.25, 0.3) is 0 Å². The van der Waals surface area contributed by atoms with Crippen LogP contribution in [0, 0.1) is 5.82 Å². The number of hydrogen-bond donors (Lipinski definition) is 2. The summed E-state index contributed by atoms with van der Waals surface area (Å²) in [6, 6.07) is 15.0. The number of nitrogens with zero attached hydrogens (tertiary/aromatic N) is 1. The molecule has 6 heteroatoms. The van der Waals surface area contributed by atoms with Gasteiger partial charge in [0, 0.05) is 6.54 Å². The molecule has 26 heavy (non-hydrogen) atoms. The number of hydrogen-bond acceptors (Lipinski definition) is 3. The third kappa shape index (κ3) is 5.53. The second-order valence-electron chi connectivity index (χ2n) is 5.83. The quantitative estimate of drug-likeness (QED) is 0.751. The van der Waals surface area contributed by atoms with Crippen LogP contribution in [0.2, 0.25) is 0 Å². The van der Waals surface area contributed by atoms with Gasteiger partial charge in [0.2, 0.25) is 5.91 Å². The van der Waals surface area contributed by atoms with Gasteiger partial charge in [-0.3, -0.25) is 15.0 Å². The van der Waals surface area contributed by atoms with Gasteiger partial charge in [-0.1, -0.05) is 48.5 Å². The Morgan fingerprint density at radius 3 is 2.35 bits per heavy atom. The number of urea groups is 1. The van der Waals surface area contributed by atoms with Crippen molar-refractivity contribution < 1.29 is 14.0 Å². The van der Waals surface area contributed by atoms with Crippen LogP contribution in [0.15, 0.2) is 67.3 Å². The molecule has 0 aliphatic heterocycles. The predicted molar refractivity (Wildman–Crippen MR) is 99.1 cm³/mol. The van der Waals surface area contributed by atoms with E-state index >= 15 is 0 Å². The predicted octanol–water partition coefficient (Wildman–Crippen LogP) is 2.86. The van der Waals surface area contributed by atoms with Crippen LogP contribution in [0.1, 0.15) is 17.2 Å². The molecule has 0 bridgehead atoms. The maximum absolute atomic E-state index is 13.3. The Bertz CT molecular complexity index is 747. The zero-order chi connectivity index (χ0) is 18.9. The number of rotatable bonds is 7. The van der Waals surface area contributed by atoms with Crippen LogP contribution >= 0.6 is 0 Å². The van der Waals surface area contributed by atoms with E-state index in [1.165, 1.54) is 18.2 Å². The molecule has 0 heterocycles. The summed E-state index contributed by atoms with van der Waals surface area (Å²) in [5.74, 6) is -0.753. The summed E-state index contributed by atoms with van der Waals surface area (Å²) in [5, 5.41) is 4.76. The third-order valence-electron chi connectivity index (χ3n) is 3.79. The molecule has 0 spiro atoms. The van der Waals surface area contributed by atoms with Crippen molar-refractivity contribution in [3.63, 3.8) is 0 Å². The van der Waals surface area contributed by atoms with Gasteiger partial charge in [0.25, 0.3) is 0 Å². The van der Waals surface area contributed by atoms with E-state index in [0.717, 1.165) is 11.1 Å². The summed E-state index contributed by atoms with van der Waals surface area (Å²) in [6.45, 7) is 3.77. The van der Waals surface area contributed by atoms with Crippen molar-refractivity contribution in [1.29, 1.82) is 0 Å². The Balaban J connectivity index is 2.14. The lowest BCUT2D eigenvalue weighted by molar-refractivity contribution is -0.121. The fourth-order valence-electron chi connectivity index (χ4n) is 2.67. The van der Waals surface area contributed by atoms with E-state index in [1.54, 1.807) is 24.1 Å². The van der Waals surface area contributed by atoms with Crippen LogP contribution in [0.5, 0.6) is 0 Å². The van der Waals surface area contributed by atoms with Crippen molar-refractivity contribution in [2.24, 2.45) is 0 Å². The largest absolute Gasteiger partial charge is 0.334 e. The van der Waals surface area contributed by atoms with E-state index < -0.39 is 11.9 Å². The van der Waals surface area contributed by atoms with E-state index in [0.29, 0.717) is 0 Å². The molecule has 0 aromatic heterocycles. The van der Waals surface area contributed by atoms with Crippen molar-refractivity contribution in [3.05, 3.63) is 84.2 Å². The number of likely N-dealkylation sites (N-methyl/N-ethyl adjacent to an activating group) is 1. The molecule has 1 unspecified atom stereocenters. The second kappa shape index (κ2) is 9.48. The number of halogens is 1. The van der Waals surface area contributed by atoms with Gasteiger partial charge in [-0.15, -0.1) is 6.58 Å². The van der Waals surface area contributed by atoms with Crippen LogP contribution < -0.4 is 10.6 Å². The van der Waals surface area contributed by atoms with Gasteiger partial charge in [-0.25, -0.2) is 9.18 Å². The number of nitrogens with one attached hydrogen (secondary N) is 2. The van der Waals surface area contributed by atoms with Crippen LogP contribution in [-0.4, -0.2) is 37.0 Å². The molecule has 0 aliphatic carbocycles. The highest BCUT2D eigenvalue weighted by Gasteiger charge is 2.22. The van der Waals surface area contributed by atoms with E-state index in [-0.39, 0.29) is 24.9 Å². The third-order valence-corrected chi connectivity index (χ3v) is 3.79. The maximum Gasteiger partial charge on any atom is 0.321 e. The Hall–Kier alpha value is -2.99. The van der Waals surface area contributed by atoms with Crippen LogP contribution in [-0.2, 0) is 4.79 Å². The molecular formula is C20H22FN3O2. The normalized spacial score (nSPS) is 11.7. The minimum Gasteiger partial charge on any atom is -0.334 e. The minimum absolute atomic E-state index is 0.00154. The topological polar surface area (TPSA) is 61.4 Å². The van der Waals surface area contributed by atoms with Gasteiger partial charge in [-0.2, -0.15) is 0 Å². The van der Waals surface area contributed by atoms with Crippen LogP contribution in [0.4, 0.5) is 9.18 Å². The molecular weight excluding hydrogens is 333 g/mol. The van der Waals surface area contributed by atoms with Crippen molar-refractivity contribution in [2.75, 3.05) is 20.1 Å². The minimum atomic E-state index is -0.568. The summed E-state index contributed by atoms with van der Waals surface area (Å²) in [6.07, 6.45) is 1.52. The lowest BCUT2D eigenvalue weighted by Crippen LogP contribution is -2.44. The smallest absolute Gasteiger partial charge is 0.321 e. The van der Waals surface area contributed by atoms with Gasteiger partial charge >= 0.3 is 6.03 Å². The number of benzene rings is 2. The van der Waals surface area contributed by atoms with Crippen molar-refractivity contribution in [1.82, 2.24) is 15.5 Å². The zero-order valence-corrected chi connectivity index (χ0v) is 14.6. The molecule has 0 fully saturated rings. The molecule has 2 rings (SSSR count). The lowest BCUT2D eigenvalue weighted by atomic mass is 9.97. The molecule has 0 saturated heterocycles. The molecule has 5 nitrogen and oxygen atoms in total. The monoisotopic (exact) mass is 355 g/mol. The summed E-state index contributed by atoms with van der Waals surface area (Å²) in [5.41, 5.74) is 1.81. The molecule has 0 saturated carbocycles. The SMILES string of the molecule is C=CCNC(=O)NC(=O)CN(C)C(c1ccccc1)c1ccc(F)cc1. The Kier molecular flexibility index (Phi) is 7.05. The Labute approximate surface area is 152 Å². The molecule has 3 amide bonds. The van der Waals surface area contributed by atoms with E-state index in [4.69, 9.17) is 0 Å². The first kappa shape index (κ1) is 19.3. The first-order valence-corrected chi connectivity index (χ1v) is 8.20. The summed E-state index contributed by atoms with van der Waals surface area (Å²) in [7, 11) is 1.78. The fourth-order valence-corrected chi connectivity index (χ4v) is 2.67. The van der Waals surface area contributed by atoms with E-state index in [1.807, 2.05) is 30.3 Å². The lowest BCUT2D eigenvalue weighted by Gasteiger charge is -2.28. The van der Waals surface area contributed by atoms with Gasteiger partial charge in [0.05, 0.1) is 12.6 Å². The number of carbonyl (C=O) groups is 2. The highest BCUT2D eigenvalue weighted by Crippen LogP contribution is 2.27. The summed E-state index contributed by atoms with van der Waals surface area (Å²) >= 11 is 0. The van der Waals surface area contributed by atoms with Crippen molar-refractivity contribution in [2.45, 2.75) is 6.04 Å². The average Bonchev–Trinajstić information content (AvgIpc) is 2.62. The number of imide groups is 1. The average molecular weight is 355 g/mol. The second-order valence-corrected chi connectivity index (χ2v) is 5.83. The molecule has 136 valence electrons. The van der Waals surface area contributed by atoms with Gasteiger partial charge in [-0.05, 0) is 30.3 Å².